The molecule has 0 aliphatic heterocycles. The molecule has 0 radical (unpaired) electrons. The smallest absolute Gasteiger partial charge is 0.0897 e. The Hall–Kier alpha value is -0.450. The van der Waals surface area contributed by atoms with Crippen LogP contribution in [-0.2, 0) is 11.3 Å². The fourth-order valence-electron chi connectivity index (χ4n) is 2.43. The maximum atomic E-state index is 5.73. The van der Waals surface area contributed by atoms with Gasteiger partial charge in [-0.25, -0.2) is 4.98 Å². The first kappa shape index (κ1) is 13.0. The van der Waals surface area contributed by atoms with Gasteiger partial charge in [0.25, 0.3) is 0 Å². The molecule has 2 rings (SSSR count). The second-order valence-corrected chi connectivity index (χ2v) is 6.60. The van der Waals surface area contributed by atoms with Crippen LogP contribution in [-0.4, -0.2) is 23.7 Å². The number of hydrogen-bond donors (Lipinski definition) is 1. The van der Waals surface area contributed by atoms with E-state index in [0.717, 1.165) is 24.6 Å². The highest BCUT2D eigenvalue weighted by atomic mass is 32.1. The summed E-state index contributed by atoms with van der Waals surface area (Å²) in [7, 11) is 0. The number of ether oxygens (including phenoxy) is 1. The quantitative estimate of drug-likeness (QED) is 0.877. The van der Waals surface area contributed by atoms with Crippen molar-refractivity contribution in [2.45, 2.75) is 52.8 Å². The molecule has 0 aromatic carbocycles. The molecule has 0 bridgehead atoms. The van der Waals surface area contributed by atoms with E-state index in [1.54, 1.807) is 11.3 Å². The van der Waals surface area contributed by atoms with Gasteiger partial charge in [-0.3, -0.25) is 0 Å². The molecule has 1 heterocycles. The normalized spacial score (nSPS) is 26.8. The molecule has 1 saturated carbocycles. The van der Waals surface area contributed by atoms with Gasteiger partial charge in [-0.05, 0) is 20.3 Å². The molecule has 1 fully saturated rings. The molecule has 2 unspecified atom stereocenters. The van der Waals surface area contributed by atoms with E-state index < -0.39 is 0 Å². The molecule has 4 heteroatoms. The Labute approximate surface area is 108 Å². The number of nitrogens with one attached hydrogen (secondary N) is 1. The van der Waals surface area contributed by atoms with E-state index >= 15 is 0 Å². The highest BCUT2D eigenvalue weighted by Crippen LogP contribution is 2.42. The van der Waals surface area contributed by atoms with E-state index in [0.29, 0.717) is 12.1 Å². The van der Waals surface area contributed by atoms with Crippen LogP contribution in [0.4, 0.5) is 0 Å². The van der Waals surface area contributed by atoms with E-state index in [4.69, 9.17) is 4.74 Å². The summed E-state index contributed by atoms with van der Waals surface area (Å²) in [5.41, 5.74) is 0.246. The molecule has 1 aliphatic carbocycles. The van der Waals surface area contributed by atoms with Gasteiger partial charge in [-0.15, -0.1) is 11.3 Å². The first-order valence-corrected chi connectivity index (χ1v) is 7.12. The van der Waals surface area contributed by atoms with Crippen molar-refractivity contribution in [1.29, 1.82) is 0 Å². The zero-order chi connectivity index (χ0) is 12.5. The number of hydrogen-bond acceptors (Lipinski definition) is 4. The summed E-state index contributed by atoms with van der Waals surface area (Å²) in [5, 5.41) is 4.76. The van der Waals surface area contributed by atoms with Crippen molar-refractivity contribution < 1.29 is 4.74 Å². The van der Waals surface area contributed by atoms with Crippen LogP contribution < -0.4 is 5.32 Å². The Morgan fingerprint density at radius 2 is 2.35 bits per heavy atom. The summed E-state index contributed by atoms with van der Waals surface area (Å²) >= 11 is 1.77. The fourth-order valence-corrected chi connectivity index (χ4v) is 3.17. The molecule has 1 aliphatic rings. The monoisotopic (exact) mass is 254 g/mol. The Balaban J connectivity index is 1.82. The average molecular weight is 254 g/mol. The molecule has 3 nitrogen and oxygen atoms in total. The first-order chi connectivity index (χ1) is 8.04. The van der Waals surface area contributed by atoms with Crippen molar-refractivity contribution in [1.82, 2.24) is 10.3 Å². The predicted octanol–water partition coefficient (Wildman–Crippen LogP) is 2.74. The SMILES string of the molecule is CCOC1CC(NCc2cnc(C)s2)C1(C)C. The zero-order valence-electron chi connectivity index (χ0n) is 11.1. The van der Waals surface area contributed by atoms with Crippen molar-refractivity contribution in [3.05, 3.63) is 16.1 Å². The number of nitrogens with zero attached hydrogens (tertiary/aromatic N) is 1. The molecule has 0 saturated heterocycles. The first-order valence-electron chi connectivity index (χ1n) is 6.30. The van der Waals surface area contributed by atoms with Crippen molar-refractivity contribution >= 4 is 11.3 Å². The van der Waals surface area contributed by atoms with Gasteiger partial charge >= 0.3 is 0 Å². The Morgan fingerprint density at radius 1 is 1.59 bits per heavy atom. The lowest BCUT2D eigenvalue weighted by Gasteiger charge is -2.51. The van der Waals surface area contributed by atoms with Crippen molar-refractivity contribution in [2.24, 2.45) is 5.41 Å². The van der Waals surface area contributed by atoms with Crippen LogP contribution >= 0.6 is 11.3 Å². The Kier molecular flexibility index (Phi) is 3.85. The van der Waals surface area contributed by atoms with E-state index in [2.05, 4.69) is 31.1 Å². The molecule has 96 valence electrons. The van der Waals surface area contributed by atoms with Crippen LogP contribution in [0.1, 0.15) is 37.1 Å². The molecule has 2 atom stereocenters. The second kappa shape index (κ2) is 5.04. The predicted molar refractivity (Wildman–Crippen MR) is 71.3 cm³/mol. The molecule has 17 heavy (non-hydrogen) atoms. The average Bonchev–Trinajstić information content (AvgIpc) is 2.68. The standard InChI is InChI=1S/C13H22N2OS/c1-5-16-12-6-11(13(12,3)4)15-8-10-7-14-9(2)17-10/h7,11-12,15H,5-6,8H2,1-4H3. The van der Waals surface area contributed by atoms with Crippen LogP contribution in [0.25, 0.3) is 0 Å². The number of aromatic nitrogens is 1. The third kappa shape index (κ3) is 2.69. The molecule has 0 spiro atoms. The van der Waals surface area contributed by atoms with E-state index in [1.807, 2.05) is 13.1 Å². The van der Waals surface area contributed by atoms with Gasteiger partial charge in [0.15, 0.2) is 0 Å². The number of aryl methyl sites for hydroxylation is 1. The summed E-state index contributed by atoms with van der Waals surface area (Å²) in [6, 6.07) is 0.557. The van der Waals surface area contributed by atoms with Gasteiger partial charge < -0.3 is 10.1 Å². The Bertz CT molecular complexity index is 375. The number of rotatable bonds is 5. The maximum absolute atomic E-state index is 5.73. The van der Waals surface area contributed by atoms with Crippen molar-refractivity contribution in [3.63, 3.8) is 0 Å². The van der Waals surface area contributed by atoms with E-state index in [1.165, 1.54) is 4.88 Å². The summed E-state index contributed by atoms with van der Waals surface area (Å²) in [5.74, 6) is 0. The maximum Gasteiger partial charge on any atom is 0.0897 e. The van der Waals surface area contributed by atoms with Gasteiger partial charge in [-0.1, -0.05) is 13.8 Å². The van der Waals surface area contributed by atoms with Gasteiger partial charge in [-0.2, -0.15) is 0 Å². The minimum absolute atomic E-state index is 0.246. The minimum atomic E-state index is 0.246. The number of thiazole rings is 1. The third-order valence-corrected chi connectivity index (χ3v) is 4.65. The lowest BCUT2D eigenvalue weighted by molar-refractivity contribution is -0.114. The summed E-state index contributed by atoms with van der Waals surface area (Å²) in [4.78, 5) is 5.59. The minimum Gasteiger partial charge on any atom is -0.378 e. The van der Waals surface area contributed by atoms with Crippen LogP contribution in [0.3, 0.4) is 0 Å². The molecule has 1 N–H and O–H groups in total. The van der Waals surface area contributed by atoms with Crippen LogP contribution in [0.15, 0.2) is 6.20 Å². The molecule has 1 aromatic rings. The highest BCUT2D eigenvalue weighted by Gasteiger charge is 2.48. The zero-order valence-corrected chi connectivity index (χ0v) is 11.9. The van der Waals surface area contributed by atoms with Gasteiger partial charge in [0, 0.05) is 35.7 Å². The molecular weight excluding hydrogens is 232 g/mol. The molecular formula is C13H22N2OS. The summed E-state index contributed by atoms with van der Waals surface area (Å²) in [6.07, 6.45) is 3.50. The second-order valence-electron chi connectivity index (χ2n) is 5.28. The summed E-state index contributed by atoms with van der Waals surface area (Å²) < 4.78 is 5.73. The van der Waals surface area contributed by atoms with Gasteiger partial charge in [0.1, 0.15) is 0 Å². The van der Waals surface area contributed by atoms with Gasteiger partial charge in [0.05, 0.1) is 11.1 Å². The summed E-state index contributed by atoms with van der Waals surface area (Å²) in [6.45, 7) is 10.4. The van der Waals surface area contributed by atoms with Crippen LogP contribution in [0, 0.1) is 12.3 Å². The van der Waals surface area contributed by atoms with E-state index in [9.17, 15) is 0 Å². The van der Waals surface area contributed by atoms with Crippen LogP contribution in [0.2, 0.25) is 0 Å². The van der Waals surface area contributed by atoms with E-state index in [-0.39, 0.29) is 5.41 Å². The lowest BCUT2D eigenvalue weighted by atomic mass is 9.64. The molecule has 0 amide bonds. The van der Waals surface area contributed by atoms with Crippen LogP contribution in [0.5, 0.6) is 0 Å². The highest BCUT2D eigenvalue weighted by molar-refractivity contribution is 7.11. The molecule has 1 aromatic heterocycles. The Morgan fingerprint density at radius 3 is 2.88 bits per heavy atom. The lowest BCUT2D eigenvalue weighted by Crippen LogP contribution is -2.60. The van der Waals surface area contributed by atoms with Crippen molar-refractivity contribution in [3.8, 4) is 0 Å². The van der Waals surface area contributed by atoms with Gasteiger partial charge in [0.2, 0.25) is 0 Å². The fraction of sp³-hybridized carbons (Fsp3) is 0.769. The van der Waals surface area contributed by atoms with Crippen molar-refractivity contribution in [2.75, 3.05) is 6.61 Å². The third-order valence-electron chi connectivity index (χ3n) is 3.74. The largest absolute Gasteiger partial charge is 0.378 e. The topological polar surface area (TPSA) is 34.1 Å².